The minimum atomic E-state index is -4.38. The topological polar surface area (TPSA) is 0 Å². The first-order valence-corrected chi connectivity index (χ1v) is 4.11. The third kappa shape index (κ3) is 2.29. The van der Waals surface area contributed by atoms with Gasteiger partial charge in [0.2, 0.25) is 0 Å². The Balaban J connectivity index is 3.32. The molecule has 1 rings (SSSR count). The highest BCUT2D eigenvalue weighted by Crippen LogP contribution is 2.36. The van der Waals surface area contributed by atoms with Gasteiger partial charge < -0.3 is 0 Å². The second-order valence-electron chi connectivity index (χ2n) is 2.58. The van der Waals surface area contributed by atoms with Crippen molar-refractivity contribution in [1.29, 1.82) is 0 Å². The fourth-order valence-corrected chi connectivity index (χ4v) is 1.33. The van der Waals surface area contributed by atoms with Crippen LogP contribution in [0.5, 0.6) is 0 Å². The normalized spacial score (nSPS) is 11.8. The molecule has 0 atom stereocenters. The van der Waals surface area contributed by atoms with Gasteiger partial charge in [0.15, 0.2) is 0 Å². The Morgan fingerprint density at radius 3 is 2.00 bits per heavy atom. The summed E-state index contributed by atoms with van der Waals surface area (Å²) < 4.78 is 36.8. The maximum atomic E-state index is 12.3. The van der Waals surface area contributed by atoms with E-state index in [0.717, 1.165) is 6.07 Å². The highest BCUT2D eigenvalue weighted by atomic mass is 35.5. The number of hydrogen-bond donors (Lipinski definition) is 0. The highest BCUT2D eigenvalue weighted by molar-refractivity contribution is 6.42. The zero-order valence-electron chi connectivity index (χ0n) is 6.54. The Morgan fingerprint density at radius 2 is 1.54 bits per heavy atom. The van der Waals surface area contributed by atoms with Crippen LogP contribution < -0.4 is 0 Å². The summed E-state index contributed by atoms with van der Waals surface area (Å²) in [6.07, 6.45) is -4.38. The van der Waals surface area contributed by atoms with Gasteiger partial charge in [-0.1, -0.05) is 23.2 Å². The van der Waals surface area contributed by atoms with Crippen LogP contribution in [-0.4, -0.2) is 0 Å². The predicted octanol–water partition coefficient (Wildman–Crippen LogP) is 4.32. The SMILES string of the molecule is Cc1cc(Cl)c(Cl)cc1C(F)(F)F. The molecular weight excluding hydrogens is 224 g/mol. The fraction of sp³-hybridized carbons (Fsp3) is 0.250. The predicted molar refractivity (Wildman–Crippen MR) is 46.2 cm³/mol. The second kappa shape index (κ2) is 3.39. The van der Waals surface area contributed by atoms with E-state index in [0.29, 0.717) is 0 Å². The van der Waals surface area contributed by atoms with Crippen molar-refractivity contribution in [1.82, 2.24) is 0 Å². The van der Waals surface area contributed by atoms with Gasteiger partial charge in [-0.25, -0.2) is 0 Å². The van der Waals surface area contributed by atoms with Crippen molar-refractivity contribution in [2.24, 2.45) is 0 Å². The molecule has 0 radical (unpaired) electrons. The molecule has 0 amide bonds. The van der Waals surface area contributed by atoms with Crippen LogP contribution in [0.25, 0.3) is 0 Å². The summed E-state index contributed by atoms with van der Waals surface area (Å²) in [4.78, 5) is 0. The van der Waals surface area contributed by atoms with Crippen molar-refractivity contribution in [3.05, 3.63) is 33.3 Å². The average molecular weight is 229 g/mol. The number of rotatable bonds is 0. The summed E-state index contributed by atoms with van der Waals surface area (Å²) in [5, 5.41) is 0.0479. The fourth-order valence-electron chi connectivity index (χ4n) is 0.952. The maximum Gasteiger partial charge on any atom is 0.416 e. The van der Waals surface area contributed by atoms with Crippen molar-refractivity contribution in [2.75, 3.05) is 0 Å². The van der Waals surface area contributed by atoms with E-state index in [1.165, 1.54) is 13.0 Å². The van der Waals surface area contributed by atoms with Crippen molar-refractivity contribution in [3.8, 4) is 0 Å². The maximum absolute atomic E-state index is 12.3. The van der Waals surface area contributed by atoms with Gasteiger partial charge in [0.05, 0.1) is 15.6 Å². The van der Waals surface area contributed by atoms with Crippen LogP contribution in [0.3, 0.4) is 0 Å². The zero-order chi connectivity index (χ0) is 10.2. The first-order chi connectivity index (χ1) is 5.82. The van der Waals surface area contributed by atoms with Gasteiger partial charge in [0, 0.05) is 0 Å². The lowest BCUT2D eigenvalue weighted by atomic mass is 10.1. The second-order valence-corrected chi connectivity index (χ2v) is 3.39. The van der Waals surface area contributed by atoms with Crippen LogP contribution in [0.4, 0.5) is 13.2 Å². The van der Waals surface area contributed by atoms with Gasteiger partial charge >= 0.3 is 6.18 Å². The largest absolute Gasteiger partial charge is 0.416 e. The van der Waals surface area contributed by atoms with Crippen LogP contribution in [0.1, 0.15) is 11.1 Å². The molecule has 0 aliphatic carbocycles. The van der Waals surface area contributed by atoms with Gasteiger partial charge in [0.1, 0.15) is 0 Å². The number of aryl methyl sites for hydroxylation is 1. The Hall–Kier alpha value is -0.410. The van der Waals surface area contributed by atoms with Crippen molar-refractivity contribution >= 4 is 23.2 Å². The molecule has 0 aliphatic rings. The molecule has 1 aromatic rings. The summed E-state index contributed by atoms with van der Waals surface area (Å²) in [6.45, 7) is 1.34. The van der Waals surface area contributed by atoms with Crippen LogP contribution in [-0.2, 0) is 6.18 Å². The molecular formula is C8H5Cl2F3. The third-order valence-electron chi connectivity index (χ3n) is 1.57. The molecule has 0 nitrogen and oxygen atoms in total. The molecule has 0 unspecified atom stereocenters. The number of halogens is 5. The summed E-state index contributed by atoms with van der Waals surface area (Å²) in [5.74, 6) is 0. The molecule has 0 aliphatic heterocycles. The standard InChI is InChI=1S/C8H5Cl2F3/c1-4-2-6(9)7(10)3-5(4)8(11,12)13/h2-3H,1H3. The van der Waals surface area contributed by atoms with E-state index in [4.69, 9.17) is 23.2 Å². The third-order valence-corrected chi connectivity index (χ3v) is 2.29. The minimum absolute atomic E-state index is 0.0712. The Morgan fingerprint density at radius 1 is 1.08 bits per heavy atom. The molecule has 0 bridgehead atoms. The molecule has 1 aromatic carbocycles. The molecule has 0 saturated heterocycles. The molecule has 0 fully saturated rings. The van der Waals surface area contributed by atoms with Gasteiger partial charge in [-0.2, -0.15) is 13.2 Å². The Kier molecular flexibility index (Phi) is 2.78. The van der Waals surface area contributed by atoms with Gasteiger partial charge in [-0.15, -0.1) is 0 Å². The Labute approximate surface area is 83.3 Å². The first kappa shape index (κ1) is 10.7. The smallest absolute Gasteiger partial charge is 0.166 e. The number of hydrogen-bond acceptors (Lipinski definition) is 0. The first-order valence-electron chi connectivity index (χ1n) is 3.35. The molecule has 0 aromatic heterocycles. The van der Waals surface area contributed by atoms with E-state index in [9.17, 15) is 13.2 Å². The lowest BCUT2D eigenvalue weighted by Crippen LogP contribution is -2.07. The van der Waals surface area contributed by atoms with Crippen LogP contribution in [0, 0.1) is 6.92 Å². The zero-order valence-corrected chi connectivity index (χ0v) is 8.06. The average Bonchev–Trinajstić information content (AvgIpc) is 1.94. The van der Waals surface area contributed by atoms with Crippen molar-refractivity contribution in [3.63, 3.8) is 0 Å². The van der Waals surface area contributed by atoms with E-state index in [2.05, 4.69) is 0 Å². The molecule has 13 heavy (non-hydrogen) atoms. The van der Waals surface area contributed by atoms with E-state index in [1.807, 2.05) is 0 Å². The summed E-state index contributed by atoms with van der Waals surface area (Å²) in [7, 11) is 0. The Bertz CT molecular complexity index is 331. The summed E-state index contributed by atoms with van der Waals surface area (Å²) in [5.41, 5.74) is -0.677. The minimum Gasteiger partial charge on any atom is -0.166 e. The molecule has 0 saturated carbocycles. The molecule has 0 heterocycles. The lowest BCUT2D eigenvalue weighted by Gasteiger charge is -2.10. The van der Waals surface area contributed by atoms with E-state index in [1.54, 1.807) is 0 Å². The van der Waals surface area contributed by atoms with Crippen LogP contribution >= 0.6 is 23.2 Å². The quantitative estimate of drug-likeness (QED) is 0.621. The van der Waals surface area contributed by atoms with Gasteiger partial charge in [0.25, 0.3) is 0 Å². The van der Waals surface area contributed by atoms with Crippen LogP contribution in [0.15, 0.2) is 12.1 Å². The molecule has 0 N–H and O–H groups in total. The number of alkyl halides is 3. The highest BCUT2D eigenvalue weighted by Gasteiger charge is 2.32. The van der Waals surface area contributed by atoms with E-state index >= 15 is 0 Å². The molecule has 0 spiro atoms. The molecule has 72 valence electrons. The lowest BCUT2D eigenvalue weighted by molar-refractivity contribution is -0.138. The van der Waals surface area contributed by atoms with Gasteiger partial charge in [-0.05, 0) is 24.6 Å². The van der Waals surface area contributed by atoms with E-state index in [-0.39, 0.29) is 15.6 Å². The summed E-state index contributed by atoms with van der Waals surface area (Å²) in [6, 6.07) is 2.03. The van der Waals surface area contributed by atoms with Crippen molar-refractivity contribution < 1.29 is 13.2 Å². The van der Waals surface area contributed by atoms with Crippen molar-refractivity contribution in [2.45, 2.75) is 13.1 Å². The van der Waals surface area contributed by atoms with E-state index < -0.39 is 11.7 Å². The molecule has 5 heteroatoms. The monoisotopic (exact) mass is 228 g/mol. The summed E-state index contributed by atoms with van der Waals surface area (Å²) >= 11 is 11.0. The van der Waals surface area contributed by atoms with Crippen LogP contribution in [0.2, 0.25) is 10.0 Å². The number of benzene rings is 1. The van der Waals surface area contributed by atoms with Gasteiger partial charge in [-0.3, -0.25) is 0 Å².